The van der Waals surface area contributed by atoms with Crippen LogP contribution in [0.15, 0.2) is 36.5 Å². The lowest BCUT2D eigenvalue weighted by atomic mass is 10.0. The van der Waals surface area contributed by atoms with Gasteiger partial charge in [-0.2, -0.15) is 0 Å². The third kappa shape index (κ3) is 62.6. The van der Waals surface area contributed by atoms with Gasteiger partial charge in [0.2, 0.25) is 5.91 Å². The second-order valence-electron chi connectivity index (χ2n) is 25.4. The van der Waals surface area contributed by atoms with E-state index in [0.717, 1.165) is 77.0 Å². The Morgan fingerprint density at radius 2 is 0.716 bits per heavy atom. The van der Waals surface area contributed by atoms with Crippen LogP contribution in [0.1, 0.15) is 355 Å². The SMILES string of the molecule is CCCCCCCC/C=C/CCCCCCCCCCCCCCCCCCCC(=O)OC(/C=C\CCCCCCCCCCCC)C(COP(=O)(O)OCC[N+](C)(C)C)NC(=O)CCCCCCC/C=C/CCCCCCCCC. The number of esters is 1. The number of carbonyl (C=O) groups excluding carboxylic acids is 2. The second-order valence-corrected chi connectivity index (χ2v) is 26.9. The van der Waals surface area contributed by atoms with Gasteiger partial charge in [-0.05, 0) is 83.1 Å². The van der Waals surface area contributed by atoms with E-state index in [1.807, 2.05) is 33.3 Å². The first-order valence-electron chi connectivity index (χ1n) is 35.3. The summed E-state index contributed by atoms with van der Waals surface area (Å²) >= 11 is 0. The summed E-state index contributed by atoms with van der Waals surface area (Å²) in [4.78, 5) is 37.8. The lowest BCUT2D eigenvalue weighted by Gasteiger charge is -2.27. The van der Waals surface area contributed by atoms with Crippen LogP contribution >= 0.6 is 7.82 Å². The Morgan fingerprint density at radius 3 is 1.05 bits per heavy atom. The summed E-state index contributed by atoms with van der Waals surface area (Å²) in [5, 5.41) is 3.07. The molecular formula is C71H138N2O7P+. The van der Waals surface area contributed by atoms with Gasteiger partial charge in [-0.25, -0.2) is 4.57 Å². The Morgan fingerprint density at radius 1 is 0.420 bits per heavy atom. The number of allylic oxidation sites excluding steroid dienone is 5. The highest BCUT2D eigenvalue weighted by Crippen LogP contribution is 2.43. The number of rotatable bonds is 65. The van der Waals surface area contributed by atoms with Crippen molar-refractivity contribution >= 4 is 19.7 Å². The molecule has 10 heteroatoms. The van der Waals surface area contributed by atoms with Gasteiger partial charge in [0.1, 0.15) is 19.3 Å². The number of likely N-dealkylation sites (N-methyl/N-ethyl adjacent to an activating group) is 1. The predicted molar refractivity (Wildman–Crippen MR) is 351 cm³/mol. The summed E-state index contributed by atoms with van der Waals surface area (Å²) in [6, 6.07) is -0.849. The molecule has 0 spiro atoms. The maximum atomic E-state index is 13.6. The minimum absolute atomic E-state index is 0.0412. The van der Waals surface area contributed by atoms with E-state index in [0.29, 0.717) is 23.9 Å². The number of amides is 1. The minimum atomic E-state index is -4.45. The standard InChI is InChI=1S/C71H137N2O7P/c1-7-10-13-16-19-22-25-28-30-32-33-34-35-36-37-38-39-40-41-42-44-46-49-52-55-58-61-64-71(75)80-69(62-59-56-53-50-47-27-24-21-18-15-12-9-3)68(67-79-81(76,77)78-66-65-73(4,5)6)72-70(74)63-60-57-54-51-48-45-43-31-29-26-23-20-17-14-11-8-2/h28,30-31,43,59,62,68-69H,7-27,29,32-42,44-58,60-61,63-67H2,1-6H3,(H-,72,74,76,77)/p+1/b30-28+,43-31+,62-59-. The van der Waals surface area contributed by atoms with Crippen LogP contribution in [0.25, 0.3) is 0 Å². The van der Waals surface area contributed by atoms with Crippen LogP contribution in [-0.4, -0.2) is 74.3 Å². The van der Waals surface area contributed by atoms with Crippen molar-refractivity contribution in [2.75, 3.05) is 40.9 Å². The van der Waals surface area contributed by atoms with E-state index in [-0.39, 0.29) is 25.1 Å². The zero-order valence-corrected chi connectivity index (χ0v) is 55.7. The van der Waals surface area contributed by atoms with E-state index in [1.54, 1.807) is 0 Å². The van der Waals surface area contributed by atoms with Crippen molar-refractivity contribution in [1.82, 2.24) is 5.32 Å². The highest BCUT2D eigenvalue weighted by molar-refractivity contribution is 7.47. The summed E-state index contributed by atoms with van der Waals surface area (Å²) in [6.45, 7) is 7.05. The first-order chi connectivity index (χ1) is 39.4. The number of carbonyl (C=O) groups is 2. The molecule has 0 saturated carbocycles. The molecule has 0 aromatic carbocycles. The fraction of sp³-hybridized carbons (Fsp3) is 0.887. The van der Waals surface area contributed by atoms with Crippen LogP contribution in [0.4, 0.5) is 0 Å². The molecule has 0 heterocycles. The third-order valence-electron chi connectivity index (χ3n) is 16.1. The molecule has 0 bridgehead atoms. The molecule has 0 rings (SSSR count). The van der Waals surface area contributed by atoms with Gasteiger partial charge in [-0.3, -0.25) is 18.6 Å². The molecule has 81 heavy (non-hydrogen) atoms. The Kier molecular flexibility index (Phi) is 60.0. The van der Waals surface area contributed by atoms with Gasteiger partial charge in [-0.15, -0.1) is 0 Å². The van der Waals surface area contributed by atoms with Crippen molar-refractivity contribution in [3.05, 3.63) is 36.5 Å². The maximum Gasteiger partial charge on any atom is 0.472 e. The lowest BCUT2D eigenvalue weighted by molar-refractivity contribution is -0.870. The van der Waals surface area contributed by atoms with Crippen LogP contribution in [0.2, 0.25) is 0 Å². The van der Waals surface area contributed by atoms with E-state index in [2.05, 4.69) is 50.4 Å². The molecule has 3 unspecified atom stereocenters. The maximum absolute atomic E-state index is 13.6. The summed E-state index contributed by atoms with van der Waals surface area (Å²) in [5.74, 6) is -0.497. The lowest BCUT2D eigenvalue weighted by Crippen LogP contribution is -2.47. The first-order valence-corrected chi connectivity index (χ1v) is 36.8. The number of unbranched alkanes of at least 4 members (excludes halogenated alkanes) is 45. The molecule has 478 valence electrons. The molecule has 1 amide bonds. The van der Waals surface area contributed by atoms with Gasteiger partial charge >= 0.3 is 13.8 Å². The molecule has 0 saturated heterocycles. The van der Waals surface area contributed by atoms with Gasteiger partial charge in [0.15, 0.2) is 0 Å². The molecular weight excluding hydrogens is 1020 g/mol. The molecule has 0 aliphatic rings. The fourth-order valence-electron chi connectivity index (χ4n) is 10.6. The number of phosphoric ester groups is 1. The van der Waals surface area contributed by atoms with Crippen LogP contribution in [0.5, 0.6) is 0 Å². The van der Waals surface area contributed by atoms with E-state index in [4.69, 9.17) is 13.8 Å². The van der Waals surface area contributed by atoms with Crippen molar-refractivity contribution in [3.8, 4) is 0 Å². The van der Waals surface area contributed by atoms with E-state index >= 15 is 0 Å². The number of ether oxygens (including phenoxy) is 1. The molecule has 0 aromatic heterocycles. The number of nitrogens with zero attached hydrogens (tertiary/aromatic N) is 1. The zero-order valence-electron chi connectivity index (χ0n) is 54.8. The Labute approximate surface area is 504 Å². The molecule has 0 aromatic rings. The summed E-state index contributed by atoms with van der Waals surface area (Å²) < 4.78 is 30.8. The largest absolute Gasteiger partial charge is 0.472 e. The van der Waals surface area contributed by atoms with E-state index < -0.39 is 20.0 Å². The van der Waals surface area contributed by atoms with Crippen LogP contribution in [0.3, 0.4) is 0 Å². The number of quaternary nitrogens is 1. The average molecular weight is 1160 g/mol. The Hall–Kier alpha value is -1.77. The summed E-state index contributed by atoms with van der Waals surface area (Å²) in [7, 11) is 1.51. The highest BCUT2D eigenvalue weighted by Gasteiger charge is 2.30. The zero-order chi connectivity index (χ0) is 59.3. The molecule has 0 aliphatic heterocycles. The van der Waals surface area contributed by atoms with Crippen molar-refractivity contribution in [2.45, 2.75) is 367 Å². The van der Waals surface area contributed by atoms with E-state index in [9.17, 15) is 19.0 Å². The summed E-state index contributed by atoms with van der Waals surface area (Å²) in [6.07, 6.45) is 75.9. The van der Waals surface area contributed by atoms with Gasteiger partial charge in [0.05, 0.1) is 33.8 Å². The topological polar surface area (TPSA) is 111 Å². The van der Waals surface area contributed by atoms with Crippen molar-refractivity contribution in [2.24, 2.45) is 0 Å². The van der Waals surface area contributed by atoms with Crippen LogP contribution in [-0.2, 0) is 27.9 Å². The number of nitrogens with one attached hydrogen (secondary N) is 1. The smallest absolute Gasteiger partial charge is 0.456 e. The Bertz CT molecular complexity index is 1480. The minimum Gasteiger partial charge on any atom is -0.456 e. The van der Waals surface area contributed by atoms with Crippen molar-refractivity contribution in [3.63, 3.8) is 0 Å². The summed E-state index contributed by atoms with van der Waals surface area (Å²) in [5.41, 5.74) is 0. The normalized spacial score (nSPS) is 13.7. The van der Waals surface area contributed by atoms with E-state index in [1.165, 1.54) is 244 Å². The average Bonchev–Trinajstić information content (AvgIpc) is 3.44. The van der Waals surface area contributed by atoms with Crippen molar-refractivity contribution < 1.29 is 37.3 Å². The fourth-order valence-corrected chi connectivity index (χ4v) is 11.3. The molecule has 9 nitrogen and oxygen atoms in total. The highest BCUT2D eigenvalue weighted by atomic mass is 31.2. The van der Waals surface area contributed by atoms with Gasteiger partial charge < -0.3 is 19.4 Å². The molecule has 0 aliphatic carbocycles. The first kappa shape index (κ1) is 79.2. The molecule has 0 radical (unpaired) electrons. The van der Waals surface area contributed by atoms with Crippen molar-refractivity contribution in [1.29, 1.82) is 0 Å². The second kappa shape index (κ2) is 61.3. The van der Waals surface area contributed by atoms with Gasteiger partial charge in [-0.1, -0.05) is 295 Å². The van der Waals surface area contributed by atoms with Crippen LogP contribution < -0.4 is 5.32 Å². The number of phosphoric acid groups is 1. The number of hydrogen-bond donors (Lipinski definition) is 2. The quantitative estimate of drug-likeness (QED) is 0.0205. The molecule has 0 fully saturated rings. The molecule has 3 atom stereocenters. The number of hydrogen-bond acceptors (Lipinski definition) is 6. The monoisotopic (exact) mass is 1160 g/mol. The third-order valence-corrected chi connectivity index (χ3v) is 17.0. The Balaban J connectivity index is 4.99. The van der Waals surface area contributed by atoms with Crippen LogP contribution in [0, 0.1) is 0 Å². The molecule has 2 N–H and O–H groups in total. The van der Waals surface area contributed by atoms with Gasteiger partial charge in [0.25, 0.3) is 0 Å². The van der Waals surface area contributed by atoms with Gasteiger partial charge in [0, 0.05) is 12.8 Å². The predicted octanol–water partition coefficient (Wildman–Crippen LogP) is 22.2.